The molecule has 2 amide bonds. The summed E-state index contributed by atoms with van der Waals surface area (Å²) in [6.07, 6.45) is 0.000459. The van der Waals surface area contributed by atoms with Crippen molar-refractivity contribution in [1.29, 1.82) is 0 Å². The number of hydrogen-bond acceptors (Lipinski definition) is 5. The molecule has 2 aromatic rings. The number of carbonyl (C=O) groups is 3. The topological polar surface area (TPSA) is 105 Å². The van der Waals surface area contributed by atoms with Crippen LogP contribution in [0.4, 0.5) is 8.78 Å². The molecule has 172 valence electrons. The molecule has 10 heteroatoms. The highest BCUT2D eigenvalue weighted by atomic mass is 19.3. The monoisotopic (exact) mass is 458 g/mol. The smallest absolute Gasteiger partial charge is 0.326 e. The summed E-state index contributed by atoms with van der Waals surface area (Å²) < 4.78 is 40.4. The Morgan fingerprint density at radius 2 is 1.76 bits per heavy atom. The van der Waals surface area contributed by atoms with E-state index in [1.807, 2.05) is 0 Å². The van der Waals surface area contributed by atoms with Crippen LogP contribution in [0.25, 0.3) is 11.1 Å². The predicted octanol–water partition coefficient (Wildman–Crippen LogP) is 1.97. The first kappa shape index (κ1) is 21.5. The third-order valence-corrected chi connectivity index (χ3v) is 6.29. The van der Waals surface area contributed by atoms with Gasteiger partial charge in [0.2, 0.25) is 5.91 Å². The van der Waals surface area contributed by atoms with Gasteiger partial charge in [-0.25, -0.2) is 4.79 Å². The molecule has 0 saturated carbocycles. The molecule has 1 unspecified atom stereocenters. The predicted molar refractivity (Wildman–Crippen MR) is 110 cm³/mol. The zero-order chi connectivity index (χ0) is 23.4. The van der Waals surface area contributed by atoms with Crippen LogP contribution >= 0.6 is 0 Å². The highest BCUT2D eigenvalue weighted by Gasteiger charge is 2.52. The molecular formula is C23H20F2N2O6. The number of benzene rings is 2. The van der Waals surface area contributed by atoms with E-state index < -0.39 is 42.1 Å². The van der Waals surface area contributed by atoms with Gasteiger partial charge in [0.25, 0.3) is 11.8 Å². The fourth-order valence-corrected chi connectivity index (χ4v) is 4.71. The van der Waals surface area contributed by atoms with Crippen molar-refractivity contribution in [3.8, 4) is 11.1 Å². The van der Waals surface area contributed by atoms with Gasteiger partial charge in [-0.15, -0.1) is 0 Å². The Morgan fingerprint density at radius 3 is 2.48 bits per heavy atom. The van der Waals surface area contributed by atoms with Crippen molar-refractivity contribution in [3.05, 3.63) is 59.2 Å². The number of likely N-dealkylation sites (tertiary alicyclic amines) is 1. The van der Waals surface area contributed by atoms with Crippen LogP contribution < -0.4 is 5.32 Å². The first-order valence-corrected chi connectivity index (χ1v) is 10.4. The summed E-state index contributed by atoms with van der Waals surface area (Å²) in [5.41, 5.74) is 0.430. The summed E-state index contributed by atoms with van der Waals surface area (Å²) in [6.45, 7) is 0.114. The van der Waals surface area contributed by atoms with Crippen molar-refractivity contribution in [2.45, 2.75) is 24.2 Å². The van der Waals surface area contributed by atoms with Crippen molar-refractivity contribution in [2.24, 2.45) is 0 Å². The van der Waals surface area contributed by atoms with Crippen LogP contribution in [-0.2, 0) is 25.0 Å². The van der Waals surface area contributed by atoms with Crippen LogP contribution in [0, 0.1) is 0 Å². The van der Waals surface area contributed by atoms with E-state index in [2.05, 4.69) is 5.32 Å². The Kier molecular flexibility index (Phi) is 4.95. The molecule has 5 rings (SSSR count). The van der Waals surface area contributed by atoms with Gasteiger partial charge in [0.1, 0.15) is 6.04 Å². The van der Waals surface area contributed by atoms with Gasteiger partial charge >= 0.3 is 5.97 Å². The van der Waals surface area contributed by atoms with Crippen LogP contribution in [0.3, 0.4) is 0 Å². The zero-order valence-electron chi connectivity index (χ0n) is 17.3. The van der Waals surface area contributed by atoms with Crippen LogP contribution in [0.5, 0.6) is 0 Å². The Hall–Kier alpha value is -3.37. The number of fused-ring (bicyclic) bond motifs is 3. The minimum absolute atomic E-state index is 0.000459. The van der Waals surface area contributed by atoms with Gasteiger partial charge in [-0.1, -0.05) is 30.3 Å². The summed E-state index contributed by atoms with van der Waals surface area (Å²) in [6, 6.07) is 8.85. The average Bonchev–Trinajstić information content (AvgIpc) is 3.49. The molecule has 2 aliphatic heterocycles. The molecule has 33 heavy (non-hydrogen) atoms. The van der Waals surface area contributed by atoms with Crippen LogP contribution in [0.2, 0.25) is 0 Å². The van der Waals surface area contributed by atoms with Crippen molar-refractivity contribution in [2.75, 3.05) is 26.3 Å². The molecule has 2 heterocycles. The number of carboxylic acids is 1. The number of nitrogens with zero attached hydrogens (tertiary/aromatic N) is 1. The Labute approximate surface area is 187 Å². The molecule has 0 radical (unpaired) electrons. The number of ether oxygens (including phenoxy) is 2. The number of hydrogen-bond donors (Lipinski definition) is 2. The number of nitrogens with one attached hydrogen (secondary N) is 1. The van der Waals surface area contributed by atoms with Gasteiger partial charge in [0.05, 0.1) is 26.3 Å². The van der Waals surface area contributed by atoms with Gasteiger partial charge in [0, 0.05) is 23.1 Å². The van der Waals surface area contributed by atoms with Gasteiger partial charge in [-0.05, 0) is 23.3 Å². The van der Waals surface area contributed by atoms with E-state index in [-0.39, 0.29) is 35.2 Å². The number of halogens is 2. The van der Waals surface area contributed by atoms with E-state index >= 15 is 0 Å². The van der Waals surface area contributed by atoms with Gasteiger partial charge < -0.3 is 24.8 Å². The van der Waals surface area contributed by atoms with E-state index in [1.165, 1.54) is 30.3 Å². The number of alkyl halides is 2. The van der Waals surface area contributed by atoms with Crippen LogP contribution in [-0.4, -0.2) is 65.9 Å². The molecule has 0 bridgehead atoms. The SMILES string of the molecule is O=C(NCC(=O)N1CC2(CC1C(=O)O)OCCO2)c1ccc2c(c1)-c1ccccc1C2(F)F. The molecular weight excluding hydrogens is 438 g/mol. The van der Waals surface area contributed by atoms with Gasteiger partial charge in [-0.2, -0.15) is 8.78 Å². The summed E-state index contributed by atoms with van der Waals surface area (Å²) in [5.74, 6) is -6.72. The molecule has 3 aliphatic rings. The molecule has 1 aliphatic carbocycles. The lowest BCUT2D eigenvalue weighted by molar-refractivity contribution is -0.152. The van der Waals surface area contributed by atoms with Crippen LogP contribution in [0.15, 0.2) is 42.5 Å². The van der Waals surface area contributed by atoms with Gasteiger partial charge in [0.15, 0.2) is 5.79 Å². The lowest BCUT2D eigenvalue weighted by Gasteiger charge is -2.23. The number of carbonyl (C=O) groups excluding carboxylic acids is 2. The summed E-state index contributed by atoms with van der Waals surface area (Å²) in [7, 11) is 0. The highest BCUT2D eigenvalue weighted by Crippen LogP contribution is 2.50. The maximum Gasteiger partial charge on any atom is 0.326 e. The van der Waals surface area contributed by atoms with E-state index in [9.17, 15) is 28.3 Å². The maximum absolute atomic E-state index is 14.7. The molecule has 1 spiro atoms. The van der Waals surface area contributed by atoms with Crippen LogP contribution in [0.1, 0.15) is 27.9 Å². The number of amides is 2. The average molecular weight is 458 g/mol. The van der Waals surface area contributed by atoms with E-state index in [1.54, 1.807) is 12.1 Å². The molecule has 2 saturated heterocycles. The Balaban J connectivity index is 1.30. The lowest BCUT2D eigenvalue weighted by Crippen LogP contribution is -2.46. The van der Waals surface area contributed by atoms with E-state index in [0.29, 0.717) is 18.8 Å². The van der Waals surface area contributed by atoms with Crippen molar-refractivity contribution >= 4 is 17.8 Å². The van der Waals surface area contributed by atoms with Crippen molar-refractivity contribution in [3.63, 3.8) is 0 Å². The normalized spacial score (nSPS) is 21.6. The number of rotatable bonds is 4. The quantitative estimate of drug-likeness (QED) is 0.726. The third-order valence-electron chi connectivity index (χ3n) is 6.29. The minimum Gasteiger partial charge on any atom is -0.480 e. The first-order chi connectivity index (χ1) is 15.7. The molecule has 1 atom stereocenters. The van der Waals surface area contributed by atoms with Crippen molar-refractivity contribution < 1.29 is 37.7 Å². The zero-order valence-corrected chi connectivity index (χ0v) is 17.3. The van der Waals surface area contributed by atoms with Gasteiger partial charge in [-0.3, -0.25) is 9.59 Å². The Morgan fingerprint density at radius 1 is 1.06 bits per heavy atom. The first-order valence-electron chi connectivity index (χ1n) is 10.4. The fraction of sp³-hybridized carbons (Fsp3) is 0.348. The second-order valence-electron chi connectivity index (χ2n) is 8.25. The number of aliphatic carboxylic acids is 1. The molecule has 2 N–H and O–H groups in total. The minimum atomic E-state index is -3.15. The standard InChI is InChI=1S/C23H20F2N2O6/c24-23(25)16-4-2-1-3-14(16)15-9-13(5-6-17(15)23)20(29)26-11-19(28)27-12-22(32-7-8-33-22)10-18(27)21(30)31/h1-6,9,18H,7-8,10-12H2,(H,26,29)(H,30,31). The molecule has 2 fully saturated rings. The molecule has 2 aromatic carbocycles. The van der Waals surface area contributed by atoms with E-state index in [0.717, 1.165) is 4.90 Å². The third kappa shape index (κ3) is 3.46. The largest absolute Gasteiger partial charge is 0.480 e. The summed E-state index contributed by atoms with van der Waals surface area (Å²) >= 11 is 0. The number of carboxylic acid groups (broad SMARTS) is 1. The molecule has 8 nitrogen and oxygen atoms in total. The second-order valence-corrected chi connectivity index (χ2v) is 8.25. The summed E-state index contributed by atoms with van der Waals surface area (Å²) in [4.78, 5) is 38.1. The second kappa shape index (κ2) is 7.60. The highest BCUT2D eigenvalue weighted by molar-refractivity contribution is 5.99. The van der Waals surface area contributed by atoms with E-state index in [4.69, 9.17) is 9.47 Å². The van der Waals surface area contributed by atoms with Crippen molar-refractivity contribution in [1.82, 2.24) is 10.2 Å². The fourth-order valence-electron chi connectivity index (χ4n) is 4.71. The molecule has 0 aromatic heterocycles. The Bertz CT molecular complexity index is 1160. The lowest BCUT2D eigenvalue weighted by atomic mass is 10.0. The summed E-state index contributed by atoms with van der Waals surface area (Å²) in [5, 5.41) is 11.9. The maximum atomic E-state index is 14.7.